The number of non-ortho nitro benzene ring substituents is 1. The number of aromatic nitrogens is 2. The molecule has 0 amide bonds. The first-order valence-corrected chi connectivity index (χ1v) is 7.00. The molecule has 1 aromatic carbocycles. The first-order valence-electron chi connectivity index (χ1n) is 7.00. The average Bonchev–Trinajstić information content (AvgIpc) is 2.51. The molecule has 1 aromatic heterocycles. The Labute approximate surface area is 146 Å². The molecular formula is C16H17ClN5O2-. The molecule has 0 atom stereocenters. The van der Waals surface area contributed by atoms with Crippen molar-refractivity contribution in [1.29, 1.82) is 0 Å². The van der Waals surface area contributed by atoms with Crippen LogP contribution in [0.2, 0.25) is 0 Å². The standard InChI is InChI=1S/C16H17N5O2.ClH/c1-4-5-15-11(2)18-12(3)19-16(15)20-17-10-13-6-8-14(9-7-13)21(22)23;/h4,6-10H,1,5H2,2-3H3,(H,18,19,20);1H/p-1. The van der Waals surface area contributed by atoms with Gasteiger partial charge in [-0.25, -0.2) is 9.97 Å². The highest BCUT2D eigenvalue weighted by molar-refractivity contribution is 5.80. The van der Waals surface area contributed by atoms with Gasteiger partial charge in [-0.1, -0.05) is 6.08 Å². The van der Waals surface area contributed by atoms with Gasteiger partial charge in [-0.2, -0.15) is 5.10 Å². The second-order valence-electron chi connectivity index (χ2n) is 4.89. The number of nitrogens with one attached hydrogen (secondary N) is 1. The zero-order valence-corrected chi connectivity index (χ0v) is 14.1. The molecule has 0 aliphatic rings. The maximum absolute atomic E-state index is 10.6. The minimum Gasteiger partial charge on any atom is -1.00 e. The molecule has 126 valence electrons. The highest BCUT2D eigenvalue weighted by Crippen LogP contribution is 2.17. The lowest BCUT2D eigenvalue weighted by Crippen LogP contribution is -3.00. The summed E-state index contributed by atoms with van der Waals surface area (Å²) in [5.41, 5.74) is 5.51. The Morgan fingerprint density at radius 3 is 2.54 bits per heavy atom. The zero-order chi connectivity index (χ0) is 16.8. The molecule has 0 bridgehead atoms. The molecule has 0 saturated heterocycles. The Morgan fingerprint density at radius 1 is 1.29 bits per heavy atom. The van der Waals surface area contributed by atoms with E-state index in [2.05, 4.69) is 27.1 Å². The van der Waals surface area contributed by atoms with Crippen molar-refractivity contribution in [3.8, 4) is 0 Å². The first kappa shape index (κ1) is 19.2. The molecule has 0 saturated carbocycles. The number of hydrazone groups is 1. The summed E-state index contributed by atoms with van der Waals surface area (Å²) in [5, 5.41) is 14.8. The maximum Gasteiger partial charge on any atom is 0.269 e. The Balaban J connectivity index is 0.00000288. The zero-order valence-electron chi connectivity index (χ0n) is 13.4. The van der Waals surface area contributed by atoms with Crippen molar-refractivity contribution >= 4 is 17.7 Å². The van der Waals surface area contributed by atoms with Crippen molar-refractivity contribution in [3.05, 3.63) is 69.7 Å². The van der Waals surface area contributed by atoms with Crippen molar-refractivity contribution in [2.24, 2.45) is 5.10 Å². The molecule has 1 heterocycles. The van der Waals surface area contributed by atoms with Gasteiger partial charge in [0.15, 0.2) is 5.82 Å². The van der Waals surface area contributed by atoms with Crippen LogP contribution in [0.1, 0.15) is 22.6 Å². The number of nitro groups is 1. The third-order valence-electron chi connectivity index (χ3n) is 3.16. The fourth-order valence-corrected chi connectivity index (χ4v) is 2.07. The number of aryl methyl sites for hydroxylation is 2. The second kappa shape index (κ2) is 8.73. The molecular weight excluding hydrogens is 330 g/mol. The van der Waals surface area contributed by atoms with Crippen LogP contribution in [0, 0.1) is 24.0 Å². The summed E-state index contributed by atoms with van der Waals surface area (Å²) < 4.78 is 0. The largest absolute Gasteiger partial charge is 1.00 e. The quantitative estimate of drug-likeness (QED) is 0.348. The summed E-state index contributed by atoms with van der Waals surface area (Å²) in [6.07, 6.45) is 4.00. The van der Waals surface area contributed by atoms with Crippen molar-refractivity contribution in [3.63, 3.8) is 0 Å². The summed E-state index contributed by atoms with van der Waals surface area (Å²) in [6, 6.07) is 6.13. The smallest absolute Gasteiger partial charge is 0.269 e. The van der Waals surface area contributed by atoms with Gasteiger partial charge >= 0.3 is 0 Å². The van der Waals surface area contributed by atoms with E-state index in [1.54, 1.807) is 24.4 Å². The number of rotatable bonds is 6. The van der Waals surface area contributed by atoms with Crippen LogP contribution in [0.15, 0.2) is 42.0 Å². The van der Waals surface area contributed by atoms with Crippen molar-refractivity contribution in [2.45, 2.75) is 20.3 Å². The van der Waals surface area contributed by atoms with E-state index in [1.165, 1.54) is 12.1 Å². The van der Waals surface area contributed by atoms with Crippen LogP contribution in [0.5, 0.6) is 0 Å². The minimum atomic E-state index is -0.437. The van der Waals surface area contributed by atoms with E-state index in [0.29, 0.717) is 18.1 Å². The molecule has 8 heteroatoms. The number of nitro benzene ring substituents is 1. The van der Waals surface area contributed by atoms with Crippen LogP contribution in [-0.2, 0) is 6.42 Å². The van der Waals surface area contributed by atoms with Gasteiger partial charge in [-0.3, -0.25) is 15.5 Å². The Hall–Kier alpha value is -2.80. The van der Waals surface area contributed by atoms with Gasteiger partial charge in [0.25, 0.3) is 5.69 Å². The molecule has 24 heavy (non-hydrogen) atoms. The van der Waals surface area contributed by atoms with Crippen molar-refractivity contribution < 1.29 is 17.3 Å². The third kappa shape index (κ3) is 4.85. The van der Waals surface area contributed by atoms with E-state index in [0.717, 1.165) is 16.8 Å². The van der Waals surface area contributed by atoms with Gasteiger partial charge in [-0.05, 0) is 38.0 Å². The summed E-state index contributed by atoms with van der Waals surface area (Å²) in [5.74, 6) is 1.29. The van der Waals surface area contributed by atoms with Gasteiger partial charge in [0.05, 0.1) is 11.1 Å². The Kier molecular flexibility index (Phi) is 7.00. The highest BCUT2D eigenvalue weighted by Gasteiger charge is 2.08. The van der Waals surface area contributed by atoms with E-state index in [-0.39, 0.29) is 18.1 Å². The molecule has 0 aliphatic heterocycles. The first-order chi connectivity index (χ1) is 11.0. The van der Waals surface area contributed by atoms with Gasteiger partial charge in [0, 0.05) is 23.4 Å². The summed E-state index contributed by atoms with van der Waals surface area (Å²) >= 11 is 0. The SMILES string of the molecule is C=CCc1c(C)nc(C)nc1NN=Cc1ccc([N+](=O)[O-])cc1.[Cl-]. The maximum atomic E-state index is 10.6. The summed E-state index contributed by atoms with van der Waals surface area (Å²) in [6.45, 7) is 7.46. The van der Waals surface area contributed by atoms with Gasteiger partial charge < -0.3 is 12.4 Å². The van der Waals surface area contributed by atoms with Crippen LogP contribution in [0.25, 0.3) is 0 Å². The number of halogens is 1. The molecule has 7 nitrogen and oxygen atoms in total. The molecule has 1 N–H and O–H groups in total. The average molecular weight is 347 g/mol. The van der Waals surface area contributed by atoms with Crippen molar-refractivity contribution in [1.82, 2.24) is 9.97 Å². The van der Waals surface area contributed by atoms with Gasteiger partial charge in [-0.15, -0.1) is 6.58 Å². The van der Waals surface area contributed by atoms with Crippen LogP contribution in [-0.4, -0.2) is 21.1 Å². The number of nitrogens with zero attached hydrogens (tertiary/aromatic N) is 4. The molecule has 0 unspecified atom stereocenters. The lowest BCUT2D eigenvalue weighted by Gasteiger charge is -2.09. The van der Waals surface area contributed by atoms with E-state index < -0.39 is 4.92 Å². The highest BCUT2D eigenvalue weighted by atomic mass is 35.5. The summed E-state index contributed by atoms with van der Waals surface area (Å²) in [7, 11) is 0. The lowest BCUT2D eigenvalue weighted by molar-refractivity contribution is -0.384. The summed E-state index contributed by atoms with van der Waals surface area (Å²) in [4.78, 5) is 18.9. The molecule has 0 radical (unpaired) electrons. The number of anilines is 1. The predicted molar refractivity (Wildman–Crippen MR) is 89.7 cm³/mol. The predicted octanol–water partition coefficient (Wildman–Crippen LogP) is 0.180. The molecule has 0 spiro atoms. The van der Waals surface area contributed by atoms with Crippen LogP contribution >= 0.6 is 0 Å². The van der Waals surface area contributed by atoms with Crippen LogP contribution < -0.4 is 17.8 Å². The molecule has 2 aromatic rings. The van der Waals surface area contributed by atoms with E-state index >= 15 is 0 Å². The number of allylic oxidation sites excluding steroid dienone is 1. The number of hydrogen-bond donors (Lipinski definition) is 1. The fraction of sp³-hybridized carbons (Fsp3) is 0.188. The number of hydrogen-bond acceptors (Lipinski definition) is 6. The normalized spacial score (nSPS) is 10.2. The molecule has 0 aliphatic carbocycles. The Morgan fingerprint density at radius 2 is 1.96 bits per heavy atom. The topological polar surface area (TPSA) is 93.3 Å². The molecule has 2 rings (SSSR count). The fourth-order valence-electron chi connectivity index (χ4n) is 2.07. The van der Waals surface area contributed by atoms with Gasteiger partial charge in [0.1, 0.15) is 5.82 Å². The molecule has 0 fully saturated rings. The lowest BCUT2D eigenvalue weighted by atomic mass is 10.1. The van der Waals surface area contributed by atoms with Crippen LogP contribution in [0.3, 0.4) is 0 Å². The monoisotopic (exact) mass is 346 g/mol. The third-order valence-corrected chi connectivity index (χ3v) is 3.16. The van der Waals surface area contributed by atoms with E-state index in [4.69, 9.17) is 0 Å². The van der Waals surface area contributed by atoms with E-state index in [9.17, 15) is 10.1 Å². The Bertz CT molecular complexity index is 760. The van der Waals surface area contributed by atoms with Crippen LogP contribution in [0.4, 0.5) is 11.5 Å². The second-order valence-corrected chi connectivity index (χ2v) is 4.89. The van der Waals surface area contributed by atoms with E-state index in [1.807, 2.05) is 13.8 Å². The minimum absolute atomic E-state index is 0. The number of benzene rings is 1. The van der Waals surface area contributed by atoms with Gasteiger partial charge in [0.2, 0.25) is 0 Å². The van der Waals surface area contributed by atoms with Crippen molar-refractivity contribution in [2.75, 3.05) is 5.43 Å².